The fourth-order valence-corrected chi connectivity index (χ4v) is 2.67. The third kappa shape index (κ3) is 4.32. The highest BCUT2D eigenvalue weighted by atomic mass is 16.5. The van der Waals surface area contributed by atoms with Crippen LogP contribution < -0.4 is 10.6 Å². The molecule has 2 unspecified atom stereocenters. The van der Waals surface area contributed by atoms with E-state index in [1.807, 2.05) is 6.92 Å². The lowest BCUT2D eigenvalue weighted by molar-refractivity contribution is -0.126. The Balaban J connectivity index is 1.88. The minimum absolute atomic E-state index is 0.0292. The first-order chi connectivity index (χ1) is 9.54. The first-order valence-electron chi connectivity index (χ1n) is 7.23. The fourth-order valence-electron chi connectivity index (χ4n) is 2.67. The van der Waals surface area contributed by atoms with Gasteiger partial charge >= 0.3 is 0 Å². The van der Waals surface area contributed by atoms with E-state index >= 15 is 0 Å². The lowest BCUT2D eigenvalue weighted by atomic mass is 10.0. The average Bonchev–Trinajstić information content (AvgIpc) is 2.38. The number of aryl methyl sites for hydroxylation is 2. The summed E-state index contributed by atoms with van der Waals surface area (Å²) in [5.41, 5.74) is 3.80. The number of carbonyl (C=O) groups is 1. The molecule has 1 aliphatic rings. The molecule has 1 amide bonds. The van der Waals surface area contributed by atoms with Crippen LogP contribution in [-0.4, -0.2) is 37.7 Å². The number of hydrogen-bond acceptors (Lipinski definition) is 3. The summed E-state index contributed by atoms with van der Waals surface area (Å²) < 4.78 is 5.31. The van der Waals surface area contributed by atoms with Crippen molar-refractivity contribution in [2.24, 2.45) is 0 Å². The van der Waals surface area contributed by atoms with Crippen molar-refractivity contribution in [2.75, 3.05) is 19.8 Å². The zero-order chi connectivity index (χ0) is 14.5. The number of hydrogen-bond donors (Lipinski definition) is 2. The molecule has 110 valence electrons. The molecule has 0 aromatic heterocycles. The number of ether oxygens (including phenoxy) is 1. The Labute approximate surface area is 120 Å². The van der Waals surface area contributed by atoms with Gasteiger partial charge in [0.05, 0.1) is 13.2 Å². The molecular weight excluding hydrogens is 252 g/mol. The Bertz CT molecular complexity index is 447. The van der Waals surface area contributed by atoms with Crippen molar-refractivity contribution in [1.82, 2.24) is 10.6 Å². The molecule has 4 heteroatoms. The lowest BCUT2D eigenvalue weighted by Gasteiger charge is -2.25. The first-order valence-corrected chi connectivity index (χ1v) is 7.23. The molecule has 4 nitrogen and oxygen atoms in total. The fraction of sp³-hybridized carbons (Fsp3) is 0.562. The highest BCUT2D eigenvalue weighted by molar-refractivity contribution is 5.82. The van der Waals surface area contributed by atoms with Crippen molar-refractivity contribution in [3.63, 3.8) is 0 Å². The van der Waals surface area contributed by atoms with Gasteiger partial charge in [-0.15, -0.1) is 0 Å². The maximum atomic E-state index is 12.1. The van der Waals surface area contributed by atoms with Crippen molar-refractivity contribution in [2.45, 2.75) is 39.3 Å². The molecule has 1 heterocycles. The van der Waals surface area contributed by atoms with Gasteiger partial charge in [0.15, 0.2) is 0 Å². The van der Waals surface area contributed by atoms with Crippen LogP contribution in [0.3, 0.4) is 0 Å². The quantitative estimate of drug-likeness (QED) is 0.872. The monoisotopic (exact) mass is 276 g/mol. The second-order valence-corrected chi connectivity index (χ2v) is 5.69. The van der Waals surface area contributed by atoms with E-state index in [0.29, 0.717) is 13.2 Å². The van der Waals surface area contributed by atoms with Gasteiger partial charge in [-0.05, 0) is 32.8 Å². The largest absolute Gasteiger partial charge is 0.378 e. The third-order valence-corrected chi connectivity index (χ3v) is 3.45. The molecule has 1 aliphatic heterocycles. The molecule has 0 saturated carbocycles. The summed E-state index contributed by atoms with van der Waals surface area (Å²) >= 11 is 0. The van der Waals surface area contributed by atoms with Gasteiger partial charge in [-0.2, -0.15) is 0 Å². The molecule has 20 heavy (non-hydrogen) atoms. The van der Waals surface area contributed by atoms with Gasteiger partial charge in [0.25, 0.3) is 0 Å². The summed E-state index contributed by atoms with van der Waals surface area (Å²) in [5, 5.41) is 6.22. The Kier molecular flexibility index (Phi) is 5.15. The highest BCUT2D eigenvalue weighted by Gasteiger charge is 2.22. The van der Waals surface area contributed by atoms with Crippen molar-refractivity contribution >= 4 is 5.91 Å². The molecule has 0 aliphatic carbocycles. The minimum atomic E-state index is -0.217. The van der Waals surface area contributed by atoms with Crippen LogP contribution in [0.5, 0.6) is 0 Å². The zero-order valence-corrected chi connectivity index (χ0v) is 12.5. The van der Waals surface area contributed by atoms with Crippen molar-refractivity contribution < 1.29 is 9.53 Å². The summed E-state index contributed by atoms with van der Waals surface area (Å²) in [7, 11) is 0. The number of rotatable bonds is 4. The molecule has 0 radical (unpaired) electrons. The van der Waals surface area contributed by atoms with E-state index in [4.69, 9.17) is 4.74 Å². The molecule has 2 atom stereocenters. The van der Waals surface area contributed by atoms with Crippen LogP contribution in [0.4, 0.5) is 0 Å². The minimum Gasteiger partial charge on any atom is -0.378 e. The van der Waals surface area contributed by atoms with Gasteiger partial charge in [0.2, 0.25) is 5.91 Å². The number of carbonyl (C=O) groups excluding carboxylic acids is 1. The maximum Gasteiger partial charge on any atom is 0.239 e. The van der Waals surface area contributed by atoms with E-state index in [2.05, 4.69) is 42.7 Å². The van der Waals surface area contributed by atoms with Crippen molar-refractivity contribution in [1.29, 1.82) is 0 Å². The van der Waals surface area contributed by atoms with Crippen LogP contribution in [0.25, 0.3) is 0 Å². The van der Waals surface area contributed by atoms with Crippen molar-refractivity contribution in [3.8, 4) is 0 Å². The normalized spacial score (nSPS) is 20.4. The van der Waals surface area contributed by atoms with Gasteiger partial charge in [-0.3, -0.25) is 4.79 Å². The smallest absolute Gasteiger partial charge is 0.239 e. The van der Waals surface area contributed by atoms with Gasteiger partial charge in [-0.25, -0.2) is 0 Å². The van der Waals surface area contributed by atoms with Crippen LogP contribution in [0, 0.1) is 13.8 Å². The lowest BCUT2D eigenvalue weighted by Crippen LogP contribution is -2.53. The van der Waals surface area contributed by atoms with E-state index in [9.17, 15) is 4.79 Å². The van der Waals surface area contributed by atoms with E-state index in [1.54, 1.807) is 0 Å². The summed E-state index contributed by atoms with van der Waals surface area (Å²) in [6.45, 7) is 8.12. The van der Waals surface area contributed by atoms with Crippen LogP contribution >= 0.6 is 0 Å². The Hall–Kier alpha value is -1.39. The number of morpholine rings is 1. The molecular formula is C16H24N2O2. The van der Waals surface area contributed by atoms with E-state index in [0.717, 1.165) is 13.0 Å². The van der Waals surface area contributed by atoms with E-state index in [-0.39, 0.29) is 18.0 Å². The SMILES string of the molecule is Cc1cc(C)cc(CC(C)NC(=O)C2COCCN2)c1. The Morgan fingerprint density at radius 3 is 2.70 bits per heavy atom. The van der Waals surface area contributed by atoms with E-state index < -0.39 is 0 Å². The number of amides is 1. The Morgan fingerprint density at radius 1 is 1.40 bits per heavy atom. The second-order valence-electron chi connectivity index (χ2n) is 5.69. The van der Waals surface area contributed by atoms with Gasteiger partial charge in [0.1, 0.15) is 6.04 Å². The second kappa shape index (κ2) is 6.86. The van der Waals surface area contributed by atoms with Crippen molar-refractivity contribution in [3.05, 3.63) is 34.9 Å². The van der Waals surface area contributed by atoms with Gasteiger partial charge < -0.3 is 15.4 Å². The molecule has 2 N–H and O–H groups in total. The molecule has 0 bridgehead atoms. The summed E-state index contributed by atoms with van der Waals surface area (Å²) in [6.07, 6.45) is 0.849. The van der Waals surface area contributed by atoms with E-state index in [1.165, 1.54) is 16.7 Å². The summed E-state index contributed by atoms with van der Waals surface area (Å²) in [6, 6.07) is 6.42. The molecule has 1 saturated heterocycles. The predicted molar refractivity (Wildman–Crippen MR) is 79.8 cm³/mol. The summed E-state index contributed by atoms with van der Waals surface area (Å²) in [5.74, 6) is 0.0292. The molecule has 2 rings (SSSR count). The predicted octanol–water partition coefficient (Wildman–Crippen LogP) is 1.34. The zero-order valence-electron chi connectivity index (χ0n) is 12.5. The maximum absolute atomic E-state index is 12.1. The third-order valence-electron chi connectivity index (χ3n) is 3.45. The molecule has 0 spiro atoms. The number of nitrogens with one attached hydrogen (secondary N) is 2. The Morgan fingerprint density at radius 2 is 2.10 bits per heavy atom. The van der Waals surface area contributed by atoms with Crippen LogP contribution in [0.15, 0.2) is 18.2 Å². The number of benzene rings is 1. The van der Waals surface area contributed by atoms with Gasteiger partial charge in [-0.1, -0.05) is 29.3 Å². The molecule has 1 aromatic rings. The molecule has 1 aromatic carbocycles. The molecule has 1 fully saturated rings. The highest BCUT2D eigenvalue weighted by Crippen LogP contribution is 2.11. The topological polar surface area (TPSA) is 50.4 Å². The average molecular weight is 276 g/mol. The standard InChI is InChI=1S/C16H24N2O2/c1-11-6-12(2)8-14(7-11)9-13(3)18-16(19)15-10-20-5-4-17-15/h6-8,13,15,17H,4-5,9-10H2,1-3H3,(H,18,19). The van der Waals surface area contributed by atoms with Crippen LogP contribution in [0.1, 0.15) is 23.6 Å². The van der Waals surface area contributed by atoms with Gasteiger partial charge in [0, 0.05) is 12.6 Å². The first kappa shape index (κ1) is 15.0. The van der Waals surface area contributed by atoms with Crippen LogP contribution in [0.2, 0.25) is 0 Å². The summed E-state index contributed by atoms with van der Waals surface area (Å²) in [4.78, 5) is 12.1. The van der Waals surface area contributed by atoms with Crippen LogP contribution in [-0.2, 0) is 16.0 Å².